The first-order valence-corrected chi connectivity index (χ1v) is 6.27. The van der Waals surface area contributed by atoms with Crippen molar-refractivity contribution in [1.29, 1.82) is 0 Å². The molecule has 0 fully saturated rings. The van der Waals surface area contributed by atoms with Crippen LogP contribution in [0.15, 0.2) is 59.3 Å². The molecule has 2 aromatic heterocycles. The maximum absolute atomic E-state index is 11.3. The van der Waals surface area contributed by atoms with Gasteiger partial charge in [0.15, 0.2) is 6.29 Å². The van der Waals surface area contributed by atoms with Gasteiger partial charge in [-0.05, 0) is 16.8 Å². The molecular weight excluding hydrogens is 252 g/mol. The second kappa shape index (κ2) is 4.06. The van der Waals surface area contributed by atoms with Crippen molar-refractivity contribution in [2.45, 2.75) is 0 Å². The van der Waals surface area contributed by atoms with Gasteiger partial charge < -0.3 is 4.42 Å². The van der Waals surface area contributed by atoms with Gasteiger partial charge in [-0.15, -0.1) is 0 Å². The lowest BCUT2D eigenvalue weighted by Gasteiger charge is -2.02. The normalized spacial score (nSPS) is 11.2. The largest absolute Gasteiger partial charge is 0.432 e. The summed E-state index contributed by atoms with van der Waals surface area (Å²) in [5.74, 6) is 0.426. The Balaban J connectivity index is 2.00. The Hall–Kier alpha value is -2.88. The number of hydrogen-bond acceptors (Lipinski definition) is 3. The van der Waals surface area contributed by atoms with Crippen LogP contribution in [-0.4, -0.2) is 15.7 Å². The van der Waals surface area contributed by atoms with Crippen LogP contribution in [0.25, 0.3) is 27.9 Å². The van der Waals surface area contributed by atoms with E-state index in [1.54, 1.807) is 10.6 Å². The van der Waals surface area contributed by atoms with E-state index in [1.165, 1.54) is 6.26 Å². The van der Waals surface area contributed by atoms with E-state index in [-0.39, 0.29) is 0 Å². The lowest BCUT2D eigenvalue weighted by Crippen LogP contribution is -1.90. The average Bonchev–Trinajstić information content (AvgIpc) is 3.07. The number of carbonyl (C=O) groups excluding carboxylic acids is 1. The Bertz CT molecular complexity index is 934. The Morgan fingerprint density at radius 3 is 2.80 bits per heavy atom. The van der Waals surface area contributed by atoms with E-state index in [9.17, 15) is 4.79 Å². The molecule has 0 aliphatic rings. The van der Waals surface area contributed by atoms with Crippen LogP contribution in [0.2, 0.25) is 0 Å². The first kappa shape index (κ1) is 11.0. The number of imidazole rings is 1. The van der Waals surface area contributed by atoms with Gasteiger partial charge in [-0.2, -0.15) is 4.98 Å². The zero-order valence-electron chi connectivity index (χ0n) is 10.5. The molecule has 0 bridgehead atoms. The summed E-state index contributed by atoms with van der Waals surface area (Å²) in [4.78, 5) is 15.7. The van der Waals surface area contributed by atoms with Crippen molar-refractivity contribution in [3.05, 3.63) is 60.6 Å². The van der Waals surface area contributed by atoms with Crippen molar-refractivity contribution in [3.8, 4) is 11.3 Å². The second-order valence-electron chi connectivity index (χ2n) is 4.58. The van der Waals surface area contributed by atoms with Crippen LogP contribution < -0.4 is 0 Å². The Morgan fingerprint density at radius 2 is 1.95 bits per heavy atom. The highest BCUT2D eigenvalue weighted by Crippen LogP contribution is 2.27. The standard InChI is InChI=1S/C16H10N2O2/c19-10-14-15(17-16-18(14)7-8-20-16)13-6-5-11-3-1-2-4-12(11)9-13/h1-10H. The smallest absolute Gasteiger partial charge is 0.306 e. The van der Waals surface area contributed by atoms with E-state index in [1.807, 2.05) is 36.4 Å². The Kier molecular flexibility index (Phi) is 2.23. The molecule has 0 N–H and O–H groups in total. The number of aromatic nitrogens is 2. The van der Waals surface area contributed by atoms with Gasteiger partial charge >= 0.3 is 5.84 Å². The van der Waals surface area contributed by atoms with Crippen LogP contribution in [-0.2, 0) is 0 Å². The van der Waals surface area contributed by atoms with Crippen LogP contribution in [0.5, 0.6) is 0 Å². The Morgan fingerprint density at radius 1 is 1.10 bits per heavy atom. The highest BCUT2D eigenvalue weighted by atomic mass is 16.3. The predicted molar refractivity (Wildman–Crippen MR) is 75.8 cm³/mol. The molecule has 0 spiro atoms. The van der Waals surface area contributed by atoms with Crippen LogP contribution in [0.1, 0.15) is 10.5 Å². The fourth-order valence-corrected chi connectivity index (χ4v) is 2.46. The molecule has 4 nitrogen and oxygen atoms in total. The number of rotatable bonds is 2. The van der Waals surface area contributed by atoms with Gasteiger partial charge in [0, 0.05) is 11.8 Å². The maximum Gasteiger partial charge on any atom is 0.306 e. The number of carbonyl (C=O) groups is 1. The molecule has 20 heavy (non-hydrogen) atoms. The number of hydrogen-bond donors (Lipinski definition) is 0. The molecule has 4 heteroatoms. The minimum Gasteiger partial charge on any atom is -0.432 e. The molecule has 0 saturated carbocycles. The van der Waals surface area contributed by atoms with E-state index < -0.39 is 0 Å². The number of aldehydes is 1. The highest BCUT2D eigenvalue weighted by molar-refractivity contribution is 5.91. The lowest BCUT2D eigenvalue weighted by molar-refractivity contribution is 0.111. The van der Waals surface area contributed by atoms with Gasteiger partial charge in [0.2, 0.25) is 0 Å². The van der Waals surface area contributed by atoms with E-state index in [0.29, 0.717) is 17.2 Å². The predicted octanol–water partition coefficient (Wildman–Crippen LogP) is 3.56. The quantitative estimate of drug-likeness (QED) is 0.519. The molecule has 4 aromatic rings. The van der Waals surface area contributed by atoms with Gasteiger partial charge in [0.05, 0.1) is 0 Å². The summed E-state index contributed by atoms with van der Waals surface area (Å²) in [6, 6.07) is 14.1. The van der Waals surface area contributed by atoms with Crippen molar-refractivity contribution in [3.63, 3.8) is 0 Å². The lowest BCUT2D eigenvalue weighted by atomic mass is 10.0. The van der Waals surface area contributed by atoms with E-state index >= 15 is 0 Å². The van der Waals surface area contributed by atoms with Crippen molar-refractivity contribution in [2.75, 3.05) is 0 Å². The van der Waals surface area contributed by atoms with E-state index in [4.69, 9.17) is 4.42 Å². The van der Waals surface area contributed by atoms with Crippen LogP contribution >= 0.6 is 0 Å². The first-order valence-electron chi connectivity index (χ1n) is 6.27. The molecule has 96 valence electrons. The van der Waals surface area contributed by atoms with Crippen molar-refractivity contribution in [2.24, 2.45) is 0 Å². The van der Waals surface area contributed by atoms with E-state index in [2.05, 4.69) is 11.1 Å². The minimum atomic E-state index is 0.426. The molecule has 0 atom stereocenters. The molecule has 0 saturated heterocycles. The van der Waals surface area contributed by atoms with Crippen LogP contribution in [0, 0.1) is 0 Å². The molecule has 4 rings (SSSR count). The minimum absolute atomic E-state index is 0.426. The number of oxazole rings is 1. The summed E-state index contributed by atoms with van der Waals surface area (Å²) in [5, 5.41) is 2.28. The van der Waals surface area contributed by atoms with Crippen molar-refractivity contribution < 1.29 is 9.21 Å². The average molecular weight is 262 g/mol. The van der Waals surface area contributed by atoms with Crippen LogP contribution in [0.3, 0.4) is 0 Å². The number of benzene rings is 2. The molecule has 0 aliphatic carbocycles. The summed E-state index contributed by atoms with van der Waals surface area (Å²) < 4.78 is 6.89. The van der Waals surface area contributed by atoms with Gasteiger partial charge in [-0.25, -0.2) is 0 Å². The molecule has 0 amide bonds. The van der Waals surface area contributed by atoms with Gasteiger partial charge in [-0.3, -0.25) is 9.20 Å². The van der Waals surface area contributed by atoms with Crippen molar-refractivity contribution >= 4 is 22.9 Å². The topological polar surface area (TPSA) is 47.5 Å². The SMILES string of the molecule is O=Cc1c(-c2ccc3ccccc3c2)nc2occn12. The third kappa shape index (κ3) is 1.48. The van der Waals surface area contributed by atoms with Gasteiger partial charge in [-0.1, -0.05) is 36.4 Å². The summed E-state index contributed by atoms with van der Waals surface area (Å²) >= 11 is 0. The maximum atomic E-state index is 11.3. The van der Waals surface area contributed by atoms with Crippen molar-refractivity contribution in [1.82, 2.24) is 9.38 Å². The molecular formula is C16H10N2O2. The molecule has 0 aliphatic heterocycles. The molecule has 2 aromatic carbocycles. The highest BCUT2D eigenvalue weighted by Gasteiger charge is 2.15. The fraction of sp³-hybridized carbons (Fsp3) is 0. The monoisotopic (exact) mass is 262 g/mol. The third-order valence-corrected chi connectivity index (χ3v) is 3.43. The molecule has 2 heterocycles. The summed E-state index contributed by atoms with van der Waals surface area (Å²) in [6.07, 6.45) is 4.01. The fourth-order valence-electron chi connectivity index (χ4n) is 2.46. The van der Waals surface area contributed by atoms with Gasteiger partial charge in [0.1, 0.15) is 17.7 Å². The summed E-state index contributed by atoms with van der Waals surface area (Å²) in [7, 11) is 0. The zero-order chi connectivity index (χ0) is 13.5. The first-order chi connectivity index (χ1) is 9.86. The number of fused-ring (bicyclic) bond motifs is 2. The second-order valence-corrected chi connectivity index (χ2v) is 4.58. The molecule has 0 unspecified atom stereocenters. The Labute approximate surface area is 114 Å². The van der Waals surface area contributed by atoms with Gasteiger partial charge in [0.25, 0.3) is 0 Å². The van der Waals surface area contributed by atoms with E-state index in [0.717, 1.165) is 22.6 Å². The van der Waals surface area contributed by atoms with Crippen LogP contribution in [0.4, 0.5) is 0 Å². The zero-order valence-corrected chi connectivity index (χ0v) is 10.5. The third-order valence-electron chi connectivity index (χ3n) is 3.43. The molecule has 0 radical (unpaired) electrons. The summed E-state index contributed by atoms with van der Waals surface area (Å²) in [5.41, 5.74) is 2.05. The number of nitrogens with zero attached hydrogens (tertiary/aromatic N) is 2. The summed E-state index contributed by atoms with van der Waals surface area (Å²) in [6.45, 7) is 0.